The molecule has 0 saturated heterocycles. The topological polar surface area (TPSA) is 53.5 Å². The molecule has 0 bridgehead atoms. The quantitative estimate of drug-likeness (QED) is 0.137. The summed E-state index contributed by atoms with van der Waals surface area (Å²) < 4.78 is 6.40. The molecule has 302 valence electrons. The number of aromatic nitrogens is 6. The molecule has 3 heterocycles. The van der Waals surface area contributed by atoms with Crippen LogP contribution in [0, 0.1) is 0 Å². The van der Waals surface area contributed by atoms with Crippen molar-refractivity contribution in [1.82, 2.24) is 28.7 Å². The van der Waals surface area contributed by atoms with Crippen molar-refractivity contribution in [3.05, 3.63) is 219 Å². The molecule has 6 aromatic carbocycles. The van der Waals surface area contributed by atoms with E-state index in [1.54, 1.807) is 0 Å². The summed E-state index contributed by atoms with van der Waals surface area (Å²) in [6.45, 7) is 0. The molecule has 0 spiro atoms. The van der Waals surface area contributed by atoms with Crippen LogP contribution >= 0.6 is 23.8 Å². The minimum atomic E-state index is -1.01. The third kappa shape index (κ3) is 11.9. The Labute approximate surface area is 383 Å². The van der Waals surface area contributed by atoms with E-state index in [1.165, 1.54) is 48.5 Å². The fourth-order valence-corrected chi connectivity index (χ4v) is 14.3. The van der Waals surface area contributed by atoms with Crippen molar-refractivity contribution in [3.63, 3.8) is 0 Å². The van der Waals surface area contributed by atoms with Crippen molar-refractivity contribution < 1.29 is 44.8 Å². The van der Waals surface area contributed by atoms with E-state index in [4.69, 9.17) is 0 Å². The Morgan fingerprint density at radius 1 is 0.305 bits per heavy atom. The molecule has 3 aromatic heterocycles. The molecule has 0 aliphatic heterocycles. The fourth-order valence-electron chi connectivity index (χ4n) is 6.72. The number of nitrogens with zero attached hydrogens (tertiary/aromatic N) is 6. The van der Waals surface area contributed by atoms with Crippen molar-refractivity contribution >= 4 is 72.3 Å². The predicted octanol–water partition coefficient (Wildman–Crippen LogP) is 5.73. The molecule has 0 fully saturated rings. The zero-order chi connectivity index (χ0) is 39.2. The van der Waals surface area contributed by atoms with Gasteiger partial charge < -0.3 is 13.7 Å². The number of rotatable bonds is 9. The number of imidazole rings is 3. The number of aryl methyl sites for hydroxylation is 3. The van der Waals surface area contributed by atoms with E-state index >= 15 is 0 Å². The second-order valence-corrected chi connectivity index (χ2v) is 20.5. The summed E-state index contributed by atoms with van der Waals surface area (Å²) in [5.41, 5.74) is 3.51. The van der Waals surface area contributed by atoms with Gasteiger partial charge in [0, 0.05) is 58.3 Å². The maximum Gasteiger partial charge on any atom is 1.00 e. The third-order valence-corrected chi connectivity index (χ3v) is 17.8. The third-order valence-electron chi connectivity index (χ3n) is 9.51. The molecule has 9 aromatic rings. The summed E-state index contributed by atoms with van der Waals surface area (Å²) in [7, 11) is 3.17. The van der Waals surface area contributed by atoms with E-state index in [-0.39, 0.29) is 44.8 Å². The maximum atomic E-state index is 4.58. The molecule has 59 heavy (non-hydrogen) atoms. The molecular weight excluding hydrogens is 1060 g/mol. The van der Waals surface area contributed by atoms with E-state index in [9.17, 15) is 0 Å². The van der Waals surface area contributed by atoms with Gasteiger partial charge in [-0.2, -0.15) is 0 Å². The normalized spacial score (nSPS) is 10.5. The van der Waals surface area contributed by atoms with Gasteiger partial charge in [0.1, 0.15) is 55.6 Å². The zero-order valence-corrected chi connectivity index (χ0v) is 39.7. The number of hydrogen-bond acceptors (Lipinski definition) is 3. The van der Waals surface area contributed by atoms with Gasteiger partial charge in [-0.25, -0.2) is 15.0 Å². The van der Waals surface area contributed by atoms with Gasteiger partial charge in [0.15, 0.2) is 0 Å². The van der Waals surface area contributed by atoms with E-state index in [0.717, 1.165) is 0 Å². The molecule has 6 nitrogen and oxygen atoms in total. The largest absolute Gasteiger partial charge is 1.00 e. The molecular formula is C48H48AgAuN6P3+5. The van der Waals surface area contributed by atoms with Crippen molar-refractivity contribution in [2.24, 2.45) is 21.1 Å². The molecule has 9 rings (SSSR count). The first-order chi connectivity index (χ1) is 28.1. The van der Waals surface area contributed by atoms with Gasteiger partial charge in [-0.05, 0) is 72.8 Å². The van der Waals surface area contributed by atoms with Crippen LogP contribution in [-0.4, -0.2) is 28.7 Å². The van der Waals surface area contributed by atoms with Crippen molar-refractivity contribution in [2.45, 2.75) is 0 Å². The van der Waals surface area contributed by atoms with Gasteiger partial charge >= 0.3 is 44.8 Å². The molecule has 0 N–H and O–H groups in total. The van der Waals surface area contributed by atoms with Crippen molar-refractivity contribution in [3.8, 4) is 0 Å². The van der Waals surface area contributed by atoms with E-state index in [1.807, 2.05) is 37.2 Å². The van der Waals surface area contributed by atoms with E-state index in [2.05, 4.69) is 232 Å². The summed E-state index contributed by atoms with van der Waals surface area (Å²) in [4.78, 5) is 13.7. The van der Waals surface area contributed by atoms with Crippen LogP contribution in [0.1, 0.15) is 0 Å². The molecule has 0 unspecified atom stereocenters. The van der Waals surface area contributed by atoms with Crippen LogP contribution in [0.25, 0.3) is 0 Å². The Bertz CT molecular complexity index is 2120. The number of benzene rings is 6. The van der Waals surface area contributed by atoms with Gasteiger partial charge in [-0.3, -0.25) is 0 Å². The Hall–Kier alpha value is -4.28. The minimum Gasteiger partial charge on any atom is -0.305 e. The van der Waals surface area contributed by atoms with Crippen LogP contribution in [0.4, 0.5) is 0 Å². The average Bonchev–Trinajstić information content (AvgIpc) is 4.02. The van der Waals surface area contributed by atoms with Gasteiger partial charge in [0.2, 0.25) is 0 Å². The molecule has 0 radical (unpaired) electrons. The van der Waals surface area contributed by atoms with E-state index in [0.29, 0.717) is 0 Å². The first-order valence-electron chi connectivity index (χ1n) is 18.9. The summed E-state index contributed by atoms with van der Waals surface area (Å²) in [6, 6.07) is 64.1. The van der Waals surface area contributed by atoms with Crippen molar-refractivity contribution in [2.75, 3.05) is 0 Å². The average molecular weight is 1110 g/mol. The maximum absolute atomic E-state index is 4.58. The first kappa shape index (κ1) is 45.8. The second kappa shape index (κ2) is 23.5. The summed E-state index contributed by atoms with van der Waals surface area (Å²) in [5, 5.41) is 8.21. The number of hydrogen-bond donors (Lipinski definition) is 0. The molecule has 0 aliphatic carbocycles. The summed E-state index contributed by atoms with van der Waals surface area (Å²) in [5.74, 6) is 0. The van der Waals surface area contributed by atoms with Crippen LogP contribution in [0.2, 0.25) is 0 Å². The molecule has 0 amide bonds. The monoisotopic (exact) mass is 1110 g/mol. The van der Waals surface area contributed by atoms with Crippen LogP contribution in [0.5, 0.6) is 0 Å². The van der Waals surface area contributed by atoms with E-state index < -0.39 is 23.8 Å². The van der Waals surface area contributed by atoms with Gasteiger partial charge in [0.05, 0.1) is 0 Å². The standard InChI is InChI=1S/3C16H15N2P.Ag.Au/c3*1-18-13-12-17-16(18)19(14-8-4-2-5-9-14)15-10-6-3-7-11-15;;/h3*2-13H,1H3;;/q;;;2*+1/p+3. The predicted molar refractivity (Wildman–Crippen MR) is 250 cm³/mol. The Balaban J connectivity index is 0.000000165. The van der Waals surface area contributed by atoms with Crippen LogP contribution in [0.3, 0.4) is 0 Å². The summed E-state index contributed by atoms with van der Waals surface area (Å²) in [6.07, 6.45) is 11.7. The Kier molecular flexibility index (Phi) is 18.2. The van der Waals surface area contributed by atoms with Gasteiger partial charge in [-0.1, -0.05) is 109 Å². The van der Waals surface area contributed by atoms with Crippen LogP contribution in [-0.2, 0) is 65.9 Å². The summed E-state index contributed by atoms with van der Waals surface area (Å²) >= 11 is 0. The molecule has 11 heteroatoms. The van der Waals surface area contributed by atoms with Crippen molar-refractivity contribution in [1.29, 1.82) is 0 Å². The second-order valence-electron chi connectivity index (χ2n) is 13.4. The molecule has 0 aliphatic rings. The smallest absolute Gasteiger partial charge is 0.305 e. The Morgan fingerprint density at radius 2 is 0.475 bits per heavy atom. The first-order valence-corrected chi connectivity index (χ1v) is 23.4. The van der Waals surface area contributed by atoms with Crippen LogP contribution < -0.4 is 48.5 Å². The van der Waals surface area contributed by atoms with Gasteiger partial charge in [0.25, 0.3) is 16.7 Å². The SMILES string of the molecule is Cn1ccnc1[PH+](c1ccccc1)c1ccccc1.Cn1ccnc1[PH+](c1ccccc1)c1ccccc1.Cn1ccnc1[PH+](c1ccccc1)c1ccccc1.[Ag+].[Au+]. The Morgan fingerprint density at radius 3 is 0.610 bits per heavy atom. The molecule has 0 atom stereocenters. The van der Waals surface area contributed by atoms with Crippen LogP contribution in [0.15, 0.2) is 219 Å². The fraction of sp³-hybridized carbons (Fsp3) is 0.0625. The minimum absolute atomic E-state index is 0. The molecule has 0 saturated carbocycles. The van der Waals surface area contributed by atoms with Gasteiger partial charge in [-0.15, -0.1) is 0 Å². The zero-order valence-electron chi connectivity index (χ0n) is 33.1.